The first-order chi connectivity index (χ1) is 14.7. The lowest BCUT2D eigenvalue weighted by Gasteiger charge is -2.17. The van der Waals surface area contributed by atoms with Gasteiger partial charge in [-0.05, 0) is 6.92 Å². The Labute approximate surface area is 179 Å². The van der Waals surface area contributed by atoms with Crippen molar-refractivity contribution in [1.82, 2.24) is 0 Å². The van der Waals surface area contributed by atoms with E-state index in [4.69, 9.17) is 24.0 Å². The third kappa shape index (κ3) is 30.4. The minimum Gasteiger partial charge on any atom is -0.501 e. The molecule has 0 N–H and O–H groups in total. The Bertz CT molecular complexity index is 399. The second-order valence-corrected chi connectivity index (χ2v) is 4.64. The number of carbonyl (C=O) groups is 1. The van der Waals surface area contributed by atoms with Crippen molar-refractivity contribution in [2.45, 2.75) is 13.0 Å². The molecule has 0 aromatic heterocycles. The lowest BCUT2D eigenvalue weighted by Crippen LogP contribution is -2.28. The molecule has 0 bridgehead atoms. The first kappa shape index (κ1) is 32.3. The topological polar surface area (TPSA) is 100 Å². The van der Waals surface area contributed by atoms with Gasteiger partial charge in [0.1, 0.15) is 38.4 Å². The van der Waals surface area contributed by atoms with Gasteiger partial charge in [-0.2, -0.15) is 9.78 Å². The maximum atomic E-state index is 10.9. The zero-order valence-corrected chi connectivity index (χ0v) is 18.2. The summed E-state index contributed by atoms with van der Waals surface area (Å²) in [4.78, 5) is 29.9. The van der Waals surface area contributed by atoms with Crippen molar-refractivity contribution in [2.24, 2.45) is 0 Å². The molecular weight excluding hydrogens is 400 g/mol. The van der Waals surface area contributed by atoms with Gasteiger partial charge < -0.3 is 33.5 Å². The summed E-state index contributed by atoms with van der Waals surface area (Å²) in [5, 5.41) is 0. The molecule has 0 spiro atoms. The first-order valence-corrected chi connectivity index (χ1v) is 8.89. The Morgan fingerprint density at radius 3 is 1.77 bits per heavy atom. The highest BCUT2D eigenvalue weighted by Crippen LogP contribution is 1.97. The first-order valence-electron chi connectivity index (χ1n) is 8.89. The van der Waals surface area contributed by atoms with Crippen molar-refractivity contribution >= 4 is 5.78 Å². The molecule has 0 saturated carbocycles. The van der Waals surface area contributed by atoms with Crippen LogP contribution < -0.4 is 0 Å². The summed E-state index contributed by atoms with van der Waals surface area (Å²) < 4.78 is 25.5. The molecule has 0 heterocycles. The fourth-order valence-electron chi connectivity index (χ4n) is 1.37. The summed E-state index contributed by atoms with van der Waals surface area (Å²) >= 11 is 0. The van der Waals surface area contributed by atoms with Gasteiger partial charge in [0, 0.05) is 0 Å². The highest BCUT2D eigenvalue weighted by atomic mass is 17.2. The minimum atomic E-state index is -0.373. The van der Waals surface area contributed by atoms with Crippen LogP contribution >= 0.6 is 0 Å². The molecule has 0 aromatic rings. The van der Waals surface area contributed by atoms with Gasteiger partial charge in [0.15, 0.2) is 18.3 Å². The Kier molecular flexibility index (Phi) is 33.7. The Balaban J connectivity index is -0.00000171. The van der Waals surface area contributed by atoms with Crippen molar-refractivity contribution in [2.75, 3.05) is 60.5 Å². The summed E-state index contributed by atoms with van der Waals surface area (Å²) in [7, 11) is 2.98. The van der Waals surface area contributed by atoms with Crippen LogP contribution in [0.3, 0.4) is 0 Å². The minimum absolute atomic E-state index is 0.0179. The summed E-state index contributed by atoms with van der Waals surface area (Å²) in [6.45, 7) is 14.9. The molecule has 0 radical (unpaired) electrons. The maximum Gasteiger partial charge on any atom is 0.163 e. The summed E-state index contributed by atoms with van der Waals surface area (Å²) in [5.74, 6) is -0.0685. The van der Waals surface area contributed by atoms with E-state index < -0.39 is 0 Å². The van der Waals surface area contributed by atoms with Crippen LogP contribution in [-0.4, -0.2) is 72.4 Å². The number of ketones is 1. The lowest BCUT2D eigenvalue weighted by molar-refractivity contribution is -0.261. The van der Waals surface area contributed by atoms with E-state index in [1.54, 1.807) is 0 Å². The van der Waals surface area contributed by atoms with Gasteiger partial charge in [0.2, 0.25) is 0 Å². The number of ether oxygens (including phenoxy) is 5. The SMILES string of the molecule is C=C.C=C.CO/C=C\OOCCOC(COCCOO/C=C/OC)COCC(C)=O. The molecule has 10 heteroatoms. The normalized spacial score (nSPS) is 11.0. The fourth-order valence-corrected chi connectivity index (χ4v) is 1.37. The van der Waals surface area contributed by atoms with E-state index in [1.807, 2.05) is 0 Å². The van der Waals surface area contributed by atoms with Gasteiger partial charge in [-0.3, -0.25) is 4.79 Å². The fraction of sp³-hybridized carbons (Fsp3) is 0.550. The highest BCUT2D eigenvalue weighted by Gasteiger charge is 2.11. The van der Waals surface area contributed by atoms with Crippen molar-refractivity contribution in [1.29, 1.82) is 0 Å². The monoisotopic (exact) mass is 436 g/mol. The second kappa shape index (κ2) is 31.3. The van der Waals surface area contributed by atoms with Crippen molar-refractivity contribution in [3.05, 3.63) is 51.4 Å². The lowest BCUT2D eigenvalue weighted by atomic mass is 10.4. The van der Waals surface area contributed by atoms with Crippen LogP contribution in [0, 0.1) is 0 Å². The van der Waals surface area contributed by atoms with Crippen molar-refractivity contribution in [3.8, 4) is 0 Å². The predicted octanol–water partition coefficient (Wildman–Crippen LogP) is 2.73. The zero-order chi connectivity index (χ0) is 23.3. The molecule has 1 unspecified atom stereocenters. The predicted molar refractivity (Wildman–Crippen MR) is 111 cm³/mol. The molecule has 0 aromatic carbocycles. The quantitative estimate of drug-likeness (QED) is 0.0988. The Morgan fingerprint density at radius 2 is 1.27 bits per heavy atom. The summed E-state index contributed by atoms with van der Waals surface area (Å²) in [6.07, 6.45) is 4.78. The van der Waals surface area contributed by atoms with Crippen LogP contribution in [0.1, 0.15) is 6.92 Å². The van der Waals surface area contributed by atoms with Gasteiger partial charge in [0.25, 0.3) is 0 Å². The molecule has 0 aliphatic heterocycles. The molecule has 10 nitrogen and oxygen atoms in total. The third-order valence-corrected chi connectivity index (χ3v) is 2.37. The molecule has 176 valence electrons. The number of carbonyl (C=O) groups excluding carboxylic acids is 1. The highest BCUT2D eigenvalue weighted by molar-refractivity contribution is 5.76. The van der Waals surface area contributed by atoms with Gasteiger partial charge in [-0.15, -0.1) is 26.3 Å². The van der Waals surface area contributed by atoms with E-state index in [2.05, 4.69) is 45.6 Å². The van der Waals surface area contributed by atoms with Crippen LogP contribution in [0.2, 0.25) is 0 Å². The van der Waals surface area contributed by atoms with E-state index >= 15 is 0 Å². The summed E-state index contributed by atoms with van der Waals surface area (Å²) in [6, 6.07) is 0. The van der Waals surface area contributed by atoms with E-state index in [-0.39, 0.29) is 58.1 Å². The molecule has 0 aliphatic rings. The molecule has 0 saturated heterocycles. The Hall–Kier alpha value is -2.37. The smallest absolute Gasteiger partial charge is 0.163 e. The number of methoxy groups -OCH3 is 2. The molecule has 0 rings (SSSR count). The van der Waals surface area contributed by atoms with Crippen LogP contribution in [0.25, 0.3) is 0 Å². The summed E-state index contributed by atoms with van der Waals surface area (Å²) in [5.41, 5.74) is 0. The zero-order valence-electron chi connectivity index (χ0n) is 18.2. The van der Waals surface area contributed by atoms with Gasteiger partial charge >= 0.3 is 0 Å². The van der Waals surface area contributed by atoms with E-state index in [0.717, 1.165) is 0 Å². The van der Waals surface area contributed by atoms with Crippen LogP contribution in [0.5, 0.6) is 0 Å². The van der Waals surface area contributed by atoms with Crippen LogP contribution in [0.15, 0.2) is 51.4 Å². The average Bonchev–Trinajstić information content (AvgIpc) is 2.77. The number of rotatable bonds is 19. The van der Waals surface area contributed by atoms with E-state index in [1.165, 1.54) is 46.2 Å². The van der Waals surface area contributed by atoms with Crippen LogP contribution in [0.4, 0.5) is 0 Å². The van der Waals surface area contributed by atoms with E-state index in [9.17, 15) is 4.79 Å². The average molecular weight is 436 g/mol. The number of Topliss-reactive ketones (excluding diaryl/α,β-unsaturated/α-hetero) is 1. The van der Waals surface area contributed by atoms with Gasteiger partial charge in [-0.25, -0.2) is 0 Å². The number of hydrogen-bond donors (Lipinski definition) is 0. The molecule has 30 heavy (non-hydrogen) atoms. The van der Waals surface area contributed by atoms with Gasteiger partial charge in [0.05, 0.1) is 40.6 Å². The molecule has 1 atom stereocenters. The van der Waals surface area contributed by atoms with Crippen molar-refractivity contribution < 1.29 is 48.0 Å². The maximum absolute atomic E-state index is 10.9. The standard InChI is InChI=1S/C16H28O10.2C2H4/c1-15(17)12-21-14-16(22-7-11-26-24-9-5-19-3)13-20-6-10-25-23-8-4-18-2;2*1-2/h4-5,8-9,16H,6-7,10-14H2,1-3H3;2*1-2H2/b8-4+,9-5-;;. The largest absolute Gasteiger partial charge is 0.501 e. The molecule has 0 aliphatic carbocycles. The second-order valence-electron chi connectivity index (χ2n) is 4.64. The number of hydrogen-bond acceptors (Lipinski definition) is 10. The Morgan fingerprint density at radius 1 is 0.767 bits per heavy atom. The third-order valence-electron chi connectivity index (χ3n) is 2.37. The molecule has 0 fully saturated rings. The molecule has 0 amide bonds. The molecular formula is C20H36O10. The van der Waals surface area contributed by atoms with Gasteiger partial charge in [-0.1, -0.05) is 0 Å². The van der Waals surface area contributed by atoms with Crippen LogP contribution in [-0.2, 0) is 48.0 Å². The van der Waals surface area contributed by atoms with E-state index in [0.29, 0.717) is 0 Å². The van der Waals surface area contributed by atoms with Crippen molar-refractivity contribution in [3.63, 3.8) is 0 Å².